The first-order valence-electron chi connectivity index (χ1n) is 5.57. The lowest BCUT2D eigenvalue weighted by Crippen LogP contribution is -2.05. The van der Waals surface area contributed by atoms with Gasteiger partial charge in [0.1, 0.15) is 12.0 Å². The number of benzene rings is 1. The van der Waals surface area contributed by atoms with E-state index in [9.17, 15) is 0 Å². The molecule has 100 valence electrons. The molecule has 2 aromatic rings. The Balaban J connectivity index is 2.33. The summed E-state index contributed by atoms with van der Waals surface area (Å²) in [6.45, 7) is 2.32. The number of anilines is 3. The SMILES string of the molecule is CCOc1ncnc(Nc2cc(Cl)ccc2Cl)c1N. The van der Waals surface area contributed by atoms with Gasteiger partial charge < -0.3 is 15.8 Å². The molecule has 0 bridgehead atoms. The Morgan fingerprint density at radius 3 is 2.84 bits per heavy atom. The van der Waals surface area contributed by atoms with E-state index in [2.05, 4.69) is 15.3 Å². The van der Waals surface area contributed by atoms with Crippen molar-refractivity contribution in [3.05, 3.63) is 34.6 Å². The topological polar surface area (TPSA) is 73.1 Å². The van der Waals surface area contributed by atoms with Crippen LogP contribution >= 0.6 is 23.2 Å². The Morgan fingerprint density at radius 1 is 1.32 bits per heavy atom. The van der Waals surface area contributed by atoms with Crippen LogP contribution in [-0.4, -0.2) is 16.6 Å². The lowest BCUT2D eigenvalue weighted by Gasteiger charge is -2.12. The van der Waals surface area contributed by atoms with Crippen molar-refractivity contribution in [3.63, 3.8) is 0 Å². The zero-order valence-electron chi connectivity index (χ0n) is 10.2. The molecule has 1 heterocycles. The molecule has 0 radical (unpaired) electrons. The molecule has 0 fully saturated rings. The highest BCUT2D eigenvalue weighted by Crippen LogP contribution is 2.32. The van der Waals surface area contributed by atoms with E-state index in [4.69, 9.17) is 33.7 Å². The van der Waals surface area contributed by atoms with Gasteiger partial charge in [0.05, 0.1) is 17.3 Å². The Hall–Kier alpha value is -1.72. The zero-order valence-corrected chi connectivity index (χ0v) is 11.7. The second kappa shape index (κ2) is 5.95. The first kappa shape index (κ1) is 13.7. The van der Waals surface area contributed by atoms with Gasteiger partial charge in [0.2, 0.25) is 5.88 Å². The zero-order chi connectivity index (χ0) is 13.8. The van der Waals surface area contributed by atoms with Gasteiger partial charge in [-0.15, -0.1) is 0 Å². The molecule has 0 amide bonds. The van der Waals surface area contributed by atoms with Gasteiger partial charge in [-0.05, 0) is 25.1 Å². The van der Waals surface area contributed by atoms with Crippen molar-refractivity contribution in [2.24, 2.45) is 0 Å². The summed E-state index contributed by atoms with van der Waals surface area (Å²) in [7, 11) is 0. The minimum atomic E-state index is 0.320. The molecule has 5 nitrogen and oxygen atoms in total. The summed E-state index contributed by atoms with van der Waals surface area (Å²) in [6.07, 6.45) is 1.36. The van der Waals surface area contributed by atoms with Crippen LogP contribution in [0.2, 0.25) is 10.0 Å². The Kier molecular flexibility index (Phi) is 4.29. The number of ether oxygens (including phenoxy) is 1. The lowest BCUT2D eigenvalue weighted by molar-refractivity contribution is 0.328. The van der Waals surface area contributed by atoms with Gasteiger partial charge in [-0.25, -0.2) is 4.98 Å². The van der Waals surface area contributed by atoms with Crippen LogP contribution in [0.3, 0.4) is 0 Å². The molecule has 3 N–H and O–H groups in total. The van der Waals surface area contributed by atoms with Gasteiger partial charge in [-0.3, -0.25) is 0 Å². The molecule has 0 spiro atoms. The van der Waals surface area contributed by atoms with Crippen LogP contribution in [-0.2, 0) is 0 Å². The minimum absolute atomic E-state index is 0.320. The Bertz CT molecular complexity index is 592. The molecule has 0 atom stereocenters. The van der Waals surface area contributed by atoms with E-state index in [-0.39, 0.29) is 0 Å². The average Bonchev–Trinajstić information content (AvgIpc) is 2.39. The van der Waals surface area contributed by atoms with Crippen molar-refractivity contribution in [1.82, 2.24) is 9.97 Å². The second-order valence-corrected chi connectivity index (χ2v) is 4.47. The number of hydrogen-bond donors (Lipinski definition) is 2. The first-order chi connectivity index (χ1) is 9.11. The normalized spacial score (nSPS) is 10.3. The van der Waals surface area contributed by atoms with Crippen LogP contribution in [0.5, 0.6) is 5.88 Å². The monoisotopic (exact) mass is 298 g/mol. The predicted octanol–water partition coefficient (Wildman–Crippen LogP) is 3.51. The lowest BCUT2D eigenvalue weighted by atomic mass is 10.3. The van der Waals surface area contributed by atoms with Crippen molar-refractivity contribution >= 4 is 40.4 Å². The van der Waals surface area contributed by atoms with Crippen molar-refractivity contribution < 1.29 is 4.74 Å². The molecule has 1 aromatic carbocycles. The number of nitrogens with zero attached hydrogens (tertiary/aromatic N) is 2. The highest BCUT2D eigenvalue weighted by atomic mass is 35.5. The molecule has 7 heteroatoms. The van der Waals surface area contributed by atoms with E-state index in [1.807, 2.05) is 6.92 Å². The van der Waals surface area contributed by atoms with E-state index in [0.717, 1.165) is 0 Å². The number of rotatable bonds is 4. The largest absolute Gasteiger partial charge is 0.476 e. The fourth-order valence-corrected chi connectivity index (χ4v) is 1.79. The third kappa shape index (κ3) is 3.19. The van der Waals surface area contributed by atoms with Crippen LogP contribution in [0.25, 0.3) is 0 Å². The smallest absolute Gasteiger partial charge is 0.242 e. The van der Waals surface area contributed by atoms with Crippen molar-refractivity contribution in [1.29, 1.82) is 0 Å². The summed E-state index contributed by atoms with van der Waals surface area (Å²) in [5, 5.41) is 4.08. The number of nitrogens with two attached hydrogens (primary N) is 1. The van der Waals surface area contributed by atoms with E-state index in [1.165, 1.54) is 6.33 Å². The van der Waals surface area contributed by atoms with Crippen molar-refractivity contribution in [3.8, 4) is 5.88 Å². The molecule has 0 aliphatic heterocycles. The van der Waals surface area contributed by atoms with Crippen LogP contribution in [0, 0.1) is 0 Å². The molecule has 19 heavy (non-hydrogen) atoms. The highest BCUT2D eigenvalue weighted by Gasteiger charge is 2.10. The predicted molar refractivity (Wildman–Crippen MR) is 77.4 cm³/mol. The molecule has 0 aliphatic carbocycles. The Morgan fingerprint density at radius 2 is 2.11 bits per heavy atom. The molecule has 2 rings (SSSR count). The standard InChI is InChI=1S/C12H12Cl2N4O/c1-2-19-12-10(15)11(16-6-17-12)18-9-5-7(13)3-4-8(9)14/h3-6H,2,15H2,1H3,(H,16,17,18). The third-order valence-corrected chi connectivity index (χ3v) is 2.87. The summed E-state index contributed by atoms with van der Waals surface area (Å²) >= 11 is 12.0. The van der Waals surface area contributed by atoms with Crippen LogP contribution < -0.4 is 15.8 Å². The number of nitrogens with one attached hydrogen (secondary N) is 1. The van der Waals surface area contributed by atoms with Crippen LogP contribution in [0.4, 0.5) is 17.2 Å². The highest BCUT2D eigenvalue weighted by molar-refractivity contribution is 6.35. The molecular weight excluding hydrogens is 287 g/mol. The van der Waals surface area contributed by atoms with Gasteiger partial charge in [0.25, 0.3) is 0 Å². The molecule has 0 saturated carbocycles. The maximum atomic E-state index is 6.06. The molecule has 1 aromatic heterocycles. The first-order valence-corrected chi connectivity index (χ1v) is 6.32. The third-order valence-electron chi connectivity index (χ3n) is 2.31. The van der Waals surface area contributed by atoms with E-state index in [0.29, 0.717) is 39.7 Å². The van der Waals surface area contributed by atoms with Gasteiger partial charge in [-0.2, -0.15) is 4.98 Å². The van der Waals surface area contributed by atoms with Crippen molar-refractivity contribution in [2.75, 3.05) is 17.7 Å². The fraction of sp³-hybridized carbons (Fsp3) is 0.167. The fourth-order valence-electron chi connectivity index (χ4n) is 1.45. The Labute approximate surface area is 120 Å². The van der Waals surface area contributed by atoms with E-state index in [1.54, 1.807) is 18.2 Å². The van der Waals surface area contributed by atoms with Gasteiger partial charge in [-0.1, -0.05) is 23.2 Å². The summed E-state index contributed by atoms with van der Waals surface area (Å²) < 4.78 is 5.29. The summed E-state index contributed by atoms with van der Waals surface area (Å²) in [4.78, 5) is 8.01. The number of hydrogen-bond acceptors (Lipinski definition) is 5. The number of halogens is 2. The van der Waals surface area contributed by atoms with E-state index >= 15 is 0 Å². The van der Waals surface area contributed by atoms with Crippen LogP contribution in [0.1, 0.15) is 6.92 Å². The summed E-state index contributed by atoms with van der Waals surface area (Å²) in [6, 6.07) is 5.07. The van der Waals surface area contributed by atoms with Crippen molar-refractivity contribution in [2.45, 2.75) is 6.92 Å². The second-order valence-electron chi connectivity index (χ2n) is 3.62. The molecule has 0 aliphatic rings. The van der Waals surface area contributed by atoms with Gasteiger partial charge >= 0.3 is 0 Å². The average molecular weight is 299 g/mol. The molecule has 0 saturated heterocycles. The quantitative estimate of drug-likeness (QED) is 0.903. The maximum Gasteiger partial charge on any atom is 0.242 e. The number of aromatic nitrogens is 2. The molecule has 0 unspecified atom stereocenters. The van der Waals surface area contributed by atoms with E-state index < -0.39 is 0 Å². The molecular formula is C12H12Cl2N4O. The maximum absolute atomic E-state index is 6.06. The van der Waals surface area contributed by atoms with Gasteiger partial charge in [0.15, 0.2) is 5.82 Å². The van der Waals surface area contributed by atoms with Gasteiger partial charge in [0, 0.05) is 5.02 Å². The number of nitrogen functional groups attached to an aromatic ring is 1. The minimum Gasteiger partial charge on any atom is -0.476 e. The summed E-state index contributed by atoms with van der Waals surface area (Å²) in [5.74, 6) is 0.751. The summed E-state index contributed by atoms with van der Waals surface area (Å²) in [5.41, 5.74) is 6.85. The van der Waals surface area contributed by atoms with Crippen LogP contribution in [0.15, 0.2) is 24.5 Å².